The van der Waals surface area contributed by atoms with Crippen LogP contribution < -0.4 is 9.64 Å². The molecule has 0 radical (unpaired) electrons. The molecule has 2 unspecified atom stereocenters. The van der Waals surface area contributed by atoms with Gasteiger partial charge in [0.15, 0.2) is 0 Å². The van der Waals surface area contributed by atoms with E-state index in [9.17, 15) is 14.7 Å². The number of aliphatic hydroxyl groups excluding tert-OH is 1. The number of nitrogens with zero attached hydrogens (tertiary/aromatic N) is 1. The number of anilines is 1. The Kier molecular flexibility index (Phi) is 4.08. The zero-order chi connectivity index (χ0) is 22.0. The van der Waals surface area contributed by atoms with Crippen LogP contribution in [0.15, 0.2) is 72.8 Å². The van der Waals surface area contributed by atoms with Crippen LogP contribution in [0.4, 0.5) is 5.69 Å². The molecule has 7 rings (SSSR count). The molecule has 1 heterocycles. The number of ether oxygens (including phenoxy) is 1. The van der Waals surface area contributed by atoms with Crippen molar-refractivity contribution in [3.8, 4) is 5.75 Å². The lowest BCUT2D eigenvalue weighted by Crippen LogP contribution is -2.55. The topological polar surface area (TPSA) is 66.8 Å². The second-order valence-electron chi connectivity index (χ2n) is 8.72. The first-order chi connectivity index (χ1) is 15.6. The fourth-order valence-corrected chi connectivity index (χ4v) is 6.31. The van der Waals surface area contributed by atoms with Gasteiger partial charge in [-0.2, -0.15) is 0 Å². The summed E-state index contributed by atoms with van der Waals surface area (Å²) in [6, 6.07) is 23.0. The van der Waals surface area contributed by atoms with Crippen LogP contribution >= 0.6 is 0 Å². The van der Waals surface area contributed by atoms with Crippen LogP contribution in [0, 0.1) is 11.8 Å². The van der Waals surface area contributed by atoms with E-state index in [1.54, 1.807) is 24.3 Å². The van der Waals surface area contributed by atoms with E-state index in [2.05, 4.69) is 0 Å². The molecule has 1 saturated heterocycles. The van der Waals surface area contributed by atoms with Gasteiger partial charge in [0.05, 0.1) is 36.2 Å². The van der Waals surface area contributed by atoms with Gasteiger partial charge in [0, 0.05) is 5.92 Å². The van der Waals surface area contributed by atoms with E-state index < -0.39 is 17.3 Å². The largest absolute Gasteiger partial charge is 0.494 e. The van der Waals surface area contributed by atoms with Gasteiger partial charge < -0.3 is 9.84 Å². The molecular formula is C27H23NO4. The Morgan fingerprint density at radius 1 is 0.875 bits per heavy atom. The van der Waals surface area contributed by atoms with Crippen LogP contribution in [0.1, 0.15) is 35.1 Å². The standard InChI is InChI=1S/C27H23NO4/c1-2-32-17-13-11-16(12-14-17)28-25(30)23-22-18-7-3-5-9-20(18)27(15-29,24(23)26(28)31)21-10-6-4-8-19(21)22/h3-14,22-24,29H,2,15H2,1H3. The Balaban J connectivity index is 1.55. The highest BCUT2D eigenvalue weighted by atomic mass is 16.5. The molecule has 32 heavy (non-hydrogen) atoms. The van der Waals surface area contributed by atoms with Gasteiger partial charge in [-0.25, -0.2) is 4.90 Å². The Hall–Kier alpha value is -3.44. The van der Waals surface area contributed by atoms with Crippen molar-refractivity contribution in [2.24, 2.45) is 11.8 Å². The summed E-state index contributed by atoms with van der Waals surface area (Å²) in [7, 11) is 0. The molecule has 2 atom stereocenters. The Labute approximate surface area is 186 Å². The second-order valence-corrected chi connectivity index (χ2v) is 8.72. The summed E-state index contributed by atoms with van der Waals surface area (Å²) < 4.78 is 5.51. The second kappa shape index (κ2) is 6.78. The molecule has 5 nitrogen and oxygen atoms in total. The van der Waals surface area contributed by atoms with Gasteiger partial charge in [0.2, 0.25) is 11.8 Å². The molecule has 3 aromatic carbocycles. The number of aliphatic hydroxyl groups is 1. The first-order valence-corrected chi connectivity index (χ1v) is 11.0. The first kappa shape index (κ1) is 19.3. The van der Waals surface area contributed by atoms with Gasteiger partial charge in [-0.3, -0.25) is 9.59 Å². The third kappa shape index (κ3) is 2.21. The van der Waals surface area contributed by atoms with E-state index >= 15 is 0 Å². The molecule has 0 aromatic heterocycles. The monoisotopic (exact) mass is 425 g/mol. The molecule has 3 aliphatic carbocycles. The third-order valence-electron chi connectivity index (χ3n) is 7.45. The van der Waals surface area contributed by atoms with Gasteiger partial charge in [0.25, 0.3) is 0 Å². The average Bonchev–Trinajstić information content (AvgIpc) is 3.11. The van der Waals surface area contributed by atoms with Crippen molar-refractivity contribution in [2.45, 2.75) is 18.3 Å². The van der Waals surface area contributed by atoms with E-state index in [-0.39, 0.29) is 24.3 Å². The Morgan fingerprint density at radius 2 is 1.47 bits per heavy atom. The van der Waals surface area contributed by atoms with Gasteiger partial charge in [-0.15, -0.1) is 0 Å². The van der Waals surface area contributed by atoms with Crippen LogP contribution in [0.3, 0.4) is 0 Å². The number of hydrogen-bond donors (Lipinski definition) is 1. The Bertz CT molecular complexity index is 1200. The predicted molar refractivity (Wildman–Crippen MR) is 120 cm³/mol. The van der Waals surface area contributed by atoms with Crippen molar-refractivity contribution in [2.75, 3.05) is 18.1 Å². The van der Waals surface area contributed by atoms with Crippen molar-refractivity contribution < 1.29 is 19.4 Å². The normalized spacial score (nSPS) is 27.2. The van der Waals surface area contributed by atoms with Crippen LogP contribution in [-0.4, -0.2) is 30.1 Å². The number of carbonyl (C=O) groups is 2. The van der Waals surface area contributed by atoms with Crippen molar-refractivity contribution in [3.63, 3.8) is 0 Å². The summed E-state index contributed by atoms with van der Waals surface area (Å²) in [5.41, 5.74) is 3.61. The minimum Gasteiger partial charge on any atom is -0.494 e. The maximum absolute atomic E-state index is 13.9. The molecule has 2 amide bonds. The van der Waals surface area contributed by atoms with E-state index in [0.717, 1.165) is 22.3 Å². The minimum absolute atomic E-state index is 0.198. The molecule has 1 aliphatic heterocycles. The molecule has 3 aromatic rings. The van der Waals surface area contributed by atoms with Crippen molar-refractivity contribution in [3.05, 3.63) is 95.1 Å². The molecular weight excluding hydrogens is 402 g/mol. The fraction of sp³-hybridized carbons (Fsp3) is 0.259. The van der Waals surface area contributed by atoms with E-state index in [0.29, 0.717) is 18.0 Å². The number of benzene rings is 3. The molecule has 1 fully saturated rings. The maximum atomic E-state index is 13.9. The first-order valence-electron chi connectivity index (χ1n) is 11.0. The molecule has 160 valence electrons. The summed E-state index contributed by atoms with van der Waals surface area (Å²) >= 11 is 0. The summed E-state index contributed by atoms with van der Waals surface area (Å²) in [5.74, 6) is -1.12. The van der Waals surface area contributed by atoms with Crippen molar-refractivity contribution in [1.29, 1.82) is 0 Å². The SMILES string of the molecule is CCOc1ccc(N2C(=O)C3C4c5ccccc5C(CO)(c5ccccc54)C3C2=O)cc1. The van der Waals surface area contributed by atoms with Crippen LogP contribution in [-0.2, 0) is 15.0 Å². The number of hydrogen-bond acceptors (Lipinski definition) is 4. The third-order valence-corrected chi connectivity index (χ3v) is 7.45. The van der Waals surface area contributed by atoms with Crippen LogP contribution in [0.5, 0.6) is 5.75 Å². The predicted octanol–water partition coefficient (Wildman–Crippen LogP) is 3.63. The van der Waals surface area contributed by atoms with Crippen LogP contribution in [0.2, 0.25) is 0 Å². The zero-order valence-corrected chi connectivity index (χ0v) is 17.7. The molecule has 4 aliphatic rings. The zero-order valence-electron chi connectivity index (χ0n) is 17.7. The summed E-state index contributed by atoms with van der Waals surface area (Å²) in [6.07, 6.45) is 0. The van der Waals surface area contributed by atoms with Crippen molar-refractivity contribution >= 4 is 17.5 Å². The summed E-state index contributed by atoms with van der Waals surface area (Å²) in [5, 5.41) is 10.9. The van der Waals surface area contributed by atoms with E-state index in [1.807, 2.05) is 55.5 Å². The highest BCUT2D eigenvalue weighted by Gasteiger charge is 2.68. The van der Waals surface area contributed by atoms with Gasteiger partial charge >= 0.3 is 0 Å². The number of amides is 2. The maximum Gasteiger partial charge on any atom is 0.239 e. The molecule has 2 bridgehead atoms. The van der Waals surface area contributed by atoms with Gasteiger partial charge in [-0.05, 0) is 53.4 Å². The number of imide groups is 1. The fourth-order valence-electron chi connectivity index (χ4n) is 6.31. The highest BCUT2D eigenvalue weighted by Crippen LogP contribution is 2.64. The number of rotatable bonds is 4. The molecule has 5 heteroatoms. The average molecular weight is 425 g/mol. The van der Waals surface area contributed by atoms with Crippen LogP contribution in [0.25, 0.3) is 0 Å². The van der Waals surface area contributed by atoms with Gasteiger partial charge in [-0.1, -0.05) is 48.5 Å². The van der Waals surface area contributed by atoms with Crippen molar-refractivity contribution in [1.82, 2.24) is 0 Å². The smallest absolute Gasteiger partial charge is 0.239 e. The summed E-state index contributed by atoms with van der Waals surface area (Å²) in [4.78, 5) is 29.0. The minimum atomic E-state index is -0.931. The summed E-state index contributed by atoms with van der Waals surface area (Å²) in [6.45, 7) is 2.22. The molecule has 0 saturated carbocycles. The van der Waals surface area contributed by atoms with Gasteiger partial charge in [0.1, 0.15) is 5.75 Å². The lowest BCUT2D eigenvalue weighted by molar-refractivity contribution is -0.124. The molecule has 1 N–H and O–H groups in total. The Morgan fingerprint density at radius 3 is 2.03 bits per heavy atom. The quantitative estimate of drug-likeness (QED) is 0.649. The van der Waals surface area contributed by atoms with E-state index in [1.165, 1.54) is 4.90 Å². The number of carbonyl (C=O) groups excluding carboxylic acids is 2. The highest BCUT2D eigenvalue weighted by molar-refractivity contribution is 6.23. The lowest BCUT2D eigenvalue weighted by atomic mass is 9.47. The van der Waals surface area contributed by atoms with E-state index in [4.69, 9.17) is 4.74 Å². The molecule has 0 spiro atoms. The lowest BCUT2D eigenvalue weighted by Gasteiger charge is -2.53.